The highest BCUT2D eigenvalue weighted by molar-refractivity contribution is 7.86. The van der Waals surface area contributed by atoms with E-state index in [9.17, 15) is 17.1 Å². The van der Waals surface area contributed by atoms with Crippen LogP contribution in [0.1, 0.15) is 20.8 Å². The van der Waals surface area contributed by atoms with Crippen molar-refractivity contribution in [3.05, 3.63) is 30.3 Å². The number of nitrogens with zero attached hydrogens (tertiary/aromatic N) is 1. The van der Waals surface area contributed by atoms with Gasteiger partial charge in [-0.3, -0.25) is 0 Å². The monoisotopic (exact) mass is 299 g/mol. The van der Waals surface area contributed by atoms with Gasteiger partial charge in [-0.2, -0.15) is 8.42 Å². The van der Waals surface area contributed by atoms with Gasteiger partial charge in [0.15, 0.2) is 5.03 Å². The van der Waals surface area contributed by atoms with Gasteiger partial charge in [0.2, 0.25) is 0 Å². The van der Waals surface area contributed by atoms with E-state index >= 15 is 0 Å². The van der Waals surface area contributed by atoms with E-state index in [0.717, 1.165) is 10.6 Å². The molecule has 5 nitrogen and oxygen atoms in total. The van der Waals surface area contributed by atoms with Gasteiger partial charge in [-0.25, -0.2) is 9.36 Å². The minimum atomic E-state index is -5.03. The first-order chi connectivity index (χ1) is 9.09. The van der Waals surface area contributed by atoms with Crippen molar-refractivity contribution in [1.29, 1.82) is 0 Å². The lowest BCUT2D eigenvalue weighted by Crippen LogP contribution is -2.28. The van der Waals surface area contributed by atoms with Crippen molar-refractivity contribution in [2.45, 2.75) is 31.4 Å². The SMILES string of the molecule is CC(C)(C)OC(=O)n1c(S(=O)(=O)F)cc2ccccc21. The van der Waals surface area contributed by atoms with E-state index in [-0.39, 0.29) is 5.52 Å². The van der Waals surface area contributed by atoms with Crippen molar-refractivity contribution >= 4 is 27.2 Å². The van der Waals surface area contributed by atoms with E-state index in [4.69, 9.17) is 4.74 Å². The predicted molar refractivity (Wildman–Crippen MR) is 71.9 cm³/mol. The molecule has 0 unspecified atom stereocenters. The van der Waals surface area contributed by atoms with Crippen LogP contribution in [0.2, 0.25) is 0 Å². The van der Waals surface area contributed by atoms with Gasteiger partial charge in [0.05, 0.1) is 5.52 Å². The first-order valence-corrected chi connectivity index (χ1v) is 7.26. The van der Waals surface area contributed by atoms with E-state index in [0.29, 0.717) is 5.39 Å². The number of ether oxygens (including phenoxy) is 1. The van der Waals surface area contributed by atoms with Crippen LogP contribution in [0.5, 0.6) is 0 Å². The number of halogens is 1. The van der Waals surface area contributed by atoms with Crippen LogP contribution in [0.4, 0.5) is 8.68 Å². The Morgan fingerprint density at radius 2 is 1.85 bits per heavy atom. The summed E-state index contributed by atoms with van der Waals surface area (Å²) in [5.41, 5.74) is -0.544. The lowest BCUT2D eigenvalue weighted by molar-refractivity contribution is 0.0530. The Balaban J connectivity index is 2.69. The second-order valence-corrected chi connectivity index (χ2v) is 6.59. The Hall–Kier alpha value is -1.89. The quantitative estimate of drug-likeness (QED) is 0.759. The molecule has 1 aromatic carbocycles. The molecule has 0 aliphatic carbocycles. The van der Waals surface area contributed by atoms with E-state index in [2.05, 4.69) is 0 Å². The summed E-state index contributed by atoms with van der Waals surface area (Å²) in [6.45, 7) is 4.92. The minimum Gasteiger partial charge on any atom is -0.443 e. The summed E-state index contributed by atoms with van der Waals surface area (Å²) in [7, 11) is -5.03. The Labute approximate surface area is 116 Å². The first kappa shape index (κ1) is 14.5. The van der Waals surface area contributed by atoms with Gasteiger partial charge in [0.1, 0.15) is 5.60 Å². The molecule has 0 aliphatic rings. The largest absolute Gasteiger partial charge is 0.443 e. The number of hydrogen-bond acceptors (Lipinski definition) is 4. The van der Waals surface area contributed by atoms with Crippen molar-refractivity contribution in [3.8, 4) is 0 Å². The van der Waals surface area contributed by atoms with E-state index < -0.39 is 26.9 Å². The van der Waals surface area contributed by atoms with E-state index in [1.54, 1.807) is 39.0 Å². The third-order valence-corrected chi connectivity index (χ3v) is 3.30. The fourth-order valence-corrected chi connectivity index (χ4v) is 2.46. The third-order valence-electron chi connectivity index (χ3n) is 2.50. The molecule has 2 aromatic rings. The summed E-state index contributed by atoms with van der Waals surface area (Å²) in [4.78, 5) is 12.1. The molecule has 20 heavy (non-hydrogen) atoms. The van der Waals surface area contributed by atoms with Crippen LogP contribution in [0.15, 0.2) is 35.4 Å². The second-order valence-electron chi connectivity index (χ2n) is 5.29. The summed E-state index contributed by atoms with van der Waals surface area (Å²) in [6, 6.07) is 7.50. The fourth-order valence-electron chi connectivity index (χ4n) is 1.80. The minimum absolute atomic E-state index is 0.276. The highest BCUT2D eigenvalue weighted by atomic mass is 32.3. The third kappa shape index (κ3) is 2.82. The van der Waals surface area contributed by atoms with Gasteiger partial charge in [-0.05, 0) is 32.9 Å². The summed E-state index contributed by atoms with van der Waals surface area (Å²) in [6.07, 6.45) is -0.935. The number of rotatable bonds is 1. The van der Waals surface area contributed by atoms with Crippen molar-refractivity contribution in [1.82, 2.24) is 4.57 Å². The van der Waals surface area contributed by atoms with Crippen molar-refractivity contribution in [2.24, 2.45) is 0 Å². The number of fused-ring (bicyclic) bond motifs is 1. The summed E-state index contributed by atoms with van der Waals surface area (Å²) in [5, 5.41) is -0.289. The van der Waals surface area contributed by atoms with Gasteiger partial charge in [0.25, 0.3) is 0 Å². The van der Waals surface area contributed by atoms with Crippen molar-refractivity contribution in [2.75, 3.05) is 0 Å². The Morgan fingerprint density at radius 3 is 2.40 bits per heavy atom. The van der Waals surface area contributed by atoms with Gasteiger partial charge >= 0.3 is 16.3 Å². The predicted octanol–water partition coefficient (Wildman–Crippen LogP) is 3.08. The Kier molecular flexibility index (Phi) is 3.33. The molecule has 0 N–H and O–H groups in total. The molecule has 0 saturated heterocycles. The van der Waals surface area contributed by atoms with Crippen LogP contribution in [0.25, 0.3) is 10.9 Å². The molecule has 0 fully saturated rings. The molecular weight excluding hydrogens is 285 g/mol. The van der Waals surface area contributed by atoms with Gasteiger partial charge in [-0.15, -0.1) is 0 Å². The molecule has 0 aliphatic heterocycles. The zero-order chi connectivity index (χ0) is 15.1. The molecule has 108 valence electrons. The Bertz CT molecular complexity index is 771. The topological polar surface area (TPSA) is 65.4 Å². The van der Waals surface area contributed by atoms with Crippen LogP contribution in [0.3, 0.4) is 0 Å². The molecule has 0 amide bonds. The average molecular weight is 299 g/mol. The van der Waals surface area contributed by atoms with Crippen LogP contribution >= 0.6 is 0 Å². The van der Waals surface area contributed by atoms with Crippen molar-refractivity contribution < 1.29 is 21.8 Å². The van der Waals surface area contributed by atoms with Gasteiger partial charge in [0, 0.05) is 5.39 Å². The molecule has 0 bridgehead atoms. The Morgan fingerprint density at radius 1 is 1.25 bits per heavy atom. The molecule has 0 atom stereocenters. The molecule has 0 saturated carbocycles. The molecular formula is C13H14FNO4S. The zero-order valence-corrected chi connectivity index (χ0v) is 12.1. The van der Waals surface area contributed by atoms with Crippen LogP contribution in [-0.4, -0.2) is 24.7 Å². The van der Waals surface area contributed by atoms with Crippen LogP contribution < -0.4 is 0 Å². The highest BCUT2D eigenvalue weighted by Crippen LogP contribution is 2.25. The molecule has 1 heterocycles. The molecule has 0 radical (unpaired) electrons. The maximum atomic E-state index is 13.4. The van der Waals surface area contributed by atoms with Crippen molar-refractivity contribution in [3.63, 3.8) is 0 Å². The molecule has 2 rings (SSSR count). The smallest absolute Gasteiger partial charge is 0.420 e. The lowest BCUT2D eigenvalue weighted by Gasteiger charge is -2.20. The van der Waals surface area contributed by atoms with Crippen LogP contribution in [-0.2, 0) is 15.0 Å². The normalized spacial score (nSPS) is 12.6. The maximum Gasteiger partial charge on any atom is 0.420 e. The summed E-state index contributed by atoms with van der Waals surface area (Å²) in [5.74, 6) is 0. The average Bonchev–Trinajstić information content (AvgIpc) is 2.65. The van der Waals surface area contributed by atoms with E-state index in [1.807, 2.05) is 0 Å². The second kappa shape index (κ2) is 4.59. The van der Waals surface area contributed by atoms with E-state index in [1.165, 1.54) is 6.07 Å². The highest BCUT2D eigenvalue weighted by Gasteiger charge is 2.27. The number of aromatic nitrogens is 1. The fraction of sp³-hybridized carbons (Fsp3) is 0.308. The number of benzene rings is 1. The van der Waals surface area contributed by atoms with Gasteiger partial charge < -0.3 is 4.74 Å². The van der Waals surface area contributed by atoms with Crippen LogP contribution in [0, 0.1) is 0 Å². The lowest BCUT2D eigenvalue weighted by atomic mass is 10.2. The number of para-hydroxylation sites is 1. The first-order valence-electron chi connectivity index (χ1n) is 5.88. The number of carbonyl (C=O) groups excluding carboxylic acids is 1. The molecule has 0 spiro atoms. The summed E-state index contributed by atoms with van der Waals surface area (Å²) >= 11 is 0. The maximum absolute atomic E-state index is 13.4. The standard InChI is InChI=1S/C13H14FNO4S/c1-13(2,3)19-12(16)15-10-7-5-4-6-9(10)8-11(15)20(14,17)18/h4-8H,1-3H3. The zero-order valence-electron chi connectivity index (χ0n) is 11.3. The number of carbonyl (C=O) groups is 1. The molecule has 7 heteroatoms. The summed E-state index contributed by atoms with van der Waals surface area (Å²) < 4.78 is 41.6. The van der Waals surface area contributed by atoms with Gasteiger partial charge in [-0.1, -0.05) is 22.1 Å². The molecule has 1 aromatic heterocycles. The number of hydrogen-bond donors (Lipinski definition) is 0.